The van der Waals surface area contributed by atoms with Crippen molar-refractivity contribution in [2.75, 3.05) is 31.5 Å². The molecule has 0 radical (unpaired) electrons. The molecule has 0 spiro atoms. The zero-order valence-corrected chi connectivity index (χ0v) is 20.0. The Hall–Kier alpha value is -2.96. The van der Waals surface area contributed by atoms with E-state index in [-0.39, 0.29) is 5.91 Å². The van der Waals surface area contributed by atoms with Gasteiger partial charge in [0.05, 0.1) is 5.69 Å². The number of rotatable bonds is 5. The summed E-state index contributed by atoms with van der Waals surface area (Å²) in [6.45, 7) is 4.12. The standard InChI is InChI=1S/C27H30ClN5O/c28-22-8-4-20(5-9-22)25-12-15-29-27(31-25)30-23-10-6-21(7-11-23)26(34)33-18-13-24(14-19-33)32-16-2-1-3-17-32/h4-12,15,24H,1-3,13-14,16-19H2,(H,29,30,31). The predicted molar refractivity (Wildman–Crippen MR) is 137 cm³/mol. The number of likely N-dealkylation sites (tertiary alicyclic amines) is 2. The summed E-state index contributed by atoms with van der Waals surface area (Å²) in [5.74, 6) is 0.621. The largest absolute Gasteiger partial charge is 0.339 e. The van der Waals surface area contributed by atoms with Gasteiger partial charge >= 0.3 is 0 Å². The number of carbonyl (C=O) groups is 1. The maximum absolute atomic E-state index is 13.0. The maximum atomic E-state index is 13.0. The molecular weight excluding hydrogens is 446 g/mol. The molecule has 6 nitrogen and oxygen atoms in total. The number of halogens is 1. The Labute approximate surface area is 206 Å². The summed E-state index contributed by atoms with van der Waals surface area (Å²) >= 11 is 5.99. The van der Waals surface area contributed by atoms with Gasteiger partial charge in [0.1, 0.15) is 0 Å². The topological polar surface area (TPSA) is 61.4 Å². The van der Waals surface area contributed by atoms with Crippen molar-refractivity contribution >= 4 is 29.1 Å². The van der Waals surface area contributed by atoms with Gasteiger partial charge in [-0.25, -0.2) is 9.97 Å². The summed E-state index contributed by atoms with van der Waals surface area (Å²) in [7, 11) is 0. The highest BCUT2D eigenvalue weighted by Gasteiger charge is 2.28. The third kappa shape index (κ3) is 5.40. The van der Waals surface area contributed by atoms with Crippen molar-refractivity contribution in [3.63, 3.8) is 0 Å². The van der Waals surface area contributed by atoms with Gasteiger partial charge in [-0.1, -0.05) is 30.2 Å². The molecule has 2 aliphatic heterocycles. The van der Waals surface area contributed by atoms with Crippen LogP contribution in [0.4, 0.5) is 11.6 Å². The van der Waals surface area contributed by atoms with Crippen LogP contribution in [0.1, 0.15) is 42.5 Å². The molecule has 0 saturated carbocycles. The lowest BCUT2D eigenvalue weighted by Gasteiger charge is -2.40. The lowest BCUT2D eigenvalue weighted by molar-refractivity contribution is 0.0590. The van der Waals surface area contributed by atoms with Crippen molar-refractivity contribution in [1.29, 1.82) is 0 Å². The second-order valence-electron chi connectivity index (χ2n) is 9.09. The van der Waals surface area contributed by atoms with E-state index in [0.717, 1.165) is 48.4 Å². The van der Waals surface area contributed by atoms with Crippen molar-refractivity contribution < 1.29 is 4.79 Å². The number of amides is 1. The van der Waals surface area contributed by atoms with Gasteiger partial charge in [0, 0.05) is 47.2 Å². The van der Waals surface area contributed by atoms with Crippen LogP contribution >= 0.6 is 11.6 Å². The van der Waals surface area contributed by atoms with Gasteiger partial charge < -0.3 is 15.1 Å². The number of carbonyl (C=O) groups excluding carboxylic acids is 1. The summed E-state index contributed by atoms with van der Waals surface area (Å²) in [5, 5.41) is 3.93. The maximum Gasteiger partial charge on any atom is 0.253 e. The number of anilines is 2. The second kappa shape index (κ2) is 10.5. The highest BCUT2D eigenvalue weighted by Crippen LogP contribution is 2.24. The first-order valence-corrected chi connectivity index (χ1v) is 12.5. The number of nitrogens with zero attached hydrogens (tertiary/aromatic N) is 4. The fourth-order valence-corrected chi connectivity index (χ4v) is 5.05. The molecule has 1 N–H and O–H groups in total. The Morgan fingerprint density at radius 2 is 1.59 bits per heavy atom. The van der Waals surface area contributed by atoms with E-state index in [1.165, 1.54) is 32.4 Å². The molecule has 1 aromatic heterocycles. The minimum Gasteiger partial charge on any atom is -0.339 e. The van der Waals surface area contributed by atoms with Crippen molar-refractivity contribution in [2.45, 2.75) is 38.1 Å². The molecule has 7 heteroatoms. The SMILES string of the molecule is O=C(c1ccc(Nc2nccc(-c3ccc(Cl)cc3)n2)cc1)N1CCC(N2CCCCC2)CC1. The van der Waals surface area contributed by atoms with Gasteiger partial charge in [-0.05, 0) is 81.2 Å². The van der Waals surface area contributed by atoms with Gasteiger partial charge in [0.15, 0.2) is 0 Å². The first-order valence-electron chi connectivity index (χ1n) is 12.2. The number of benzene rings is 2. The van der Waals surface area contributed by atoms with E-state index in [0.29, 0.717) is 17.0 Å². The molecule has 2 aromatic carbocycles. The van der Waals surface area contributed by atoms with Gasteiger partial charge in [-0.3, -0.25) is 4.79 Å². The quantitative estimate of drug-likeness (QED) is 0.518. The van der Waals surface area contributed by atoms with Crippen molar-refractivity contribution in [2.24, 2.45) is 0 Å². The van der Waals surface area contributed by atoms with Crippen LogP contribution in [0.5, 0.6) is 0 Å². The van der Waals surface area contributed by atoms with E-state index in [9.17, 15) is 4.79 Å². The van der Waals surface area contributed by atoms with Crippen molar-refractivity contribution in [3.8, 4) is 11.3 Å². The van der Waals surface area contributed by atoms with Crippen LogP contribution in [0.15, 0.2) is 60.8 Å². The van der Waals surface area contributed by atoms with Crippen molar-refractivity contribution in [1.82, 2.24) is 19.8 Å². The lowest BCUT2D eigenvalue weighted by Crippen LogP contribution is -2.48. The minimum absolute atomic E-state index is 0.115. The Morgan fingerprint density at radius 1 is 0.882 bits per heavy atom. The first kappa shape index (κ1) is 22.8. The third-order valence-electron chi connectivity index (χ3n) is 6.84. The fraction of sp³-hybridized carbons (Fsp3) is 0.370. The van der Waals surface area contributed by atoms with Gasteiger partial charge in [-0.2, -0.15) is 0 Å². The molecule has 2 aliphatic rings. The van der Waals surface area contributed by atoms with Crippen molar-refractivity contribution in [3.05, 3.63) is 71.4 Å². The molecule has 3 heterocycles. The first-order chi connectivity index (χ1) is 16.7. The lowest BCUT2D eigenvalue weighted by atomic mass is 9.99. The van der Waals surface area contributed by atoms with E-state index in [1.807, 2.05) is 59.5 Å². The van der Waals surface area contributed by atoms with Crippen LogP contribution in [-0.4, -0.2) is 57.9 Å². The molecule has 2 fully saturated rings. The van der Waals surface area contributed by atoms with E-state index < -0.39 is 0 Å². The van der Waals surface area contributed by atoms with Gasteiger partial charge in [0.2, 0.25) is 5.95 Å². The molecule has 3 aromatic rings. The van der Waals surface area contributed by atoms with E-state index in [4.69, 9.17) is 11.6 Å². The number of nitrogens with one attached hydrogen (secondary N) is 1. The number of hydrogen-bond donors (Lipinski definition) is 1. The minimum atomic E-state index is 0.115. The molecule has 5 rings (SSSR count). The summed E-state index contributed by atoms with van der Waals surface area (Å²) in [6.07, 6.45) is 7.87. The van der Waals surface area contributed by atoms with E-state index in [2.05, 4.69) is 20.2 Å². The summed E-state index contributed by atoms with van der Waals surface area (Å²) in [4.78, 5) is 26.6. The van der Waals surface area contributed by atoms with Crippen LogP contribution in [0.2, 0.25) is 5.02 Å². The molecule has 176 valence electrons. The van der Waals surface area contributed by atoms with Crippen LogP contribution < -0.4 is 5.32 Å². The molecule has 0 atom stereocenters. The smallest absolute Gasteiger partial charge is 0.253 e. The van der Waals surface area contributed by atoms with Crippen LogP contribution in [0, 0.1) is 0 Å². The Balaban J connectivity index is 1.18. The predicted octanol–water partition coefficient (Wildman–Crippen LogP) is 5.63. The molecule has 0 unspecified atom stereocenters. The monoisotopic (exact) mass is 475 g/mol. The molecule has 0 aliphatic carbocycles. The number of piperidine rings is 2. The Bertz CT molecular complexity index is 1100. The van der Waals surface area contributed by atoms with Gasteiger partial charge in [0.25, 0.3) is 5.91 Å². The highest BCUT2D eigenvalue weighted by molar-refractivity contribution is 6.30. The molecule has 1 amide bonds. The van der Waals surface area contributed by atoms with Crippen LogP contribution in [-0.2, 0) is 0 Å². The zero-order valence-electron chi connectivity index (χ0n) is 19.3. The Kier molecular flexibility index (Phi) is 7.07. The summed E-state index contributed by atoms with van der Waals surface area (Å²) < 4.78 is 0. The molecule has 2 saturated heterocycles. The number of hydrogen-bond acceptors (Lipinski definition) is 5. The molecule has 34 heavy (non-hydrogen) atoms. The Morgan fingerprint density at radius 3 is 2.29 bits per heavy atom. The average Bonchev–Trinajstić information content (AvgIpc) is 2.90. The highest BCUT2D eigenvalue weighted by atomic mass is 35.5. The summed E-state index contributed by atoms with van der Waals surface area (Å²) in [6, 6.07) is 17.6. The molecular formula is C27H30ClN5O. The van der Waals surface area contributed by atoms with E-state index >= 15 is 0 Å². The summed E-state index contributed by atoms with van der Waals surface area (Å²) in [5.41, 5.74) is 3.35. The van der Waals surface area contributed by atoms with Gasteiger partial charge in [-0.15, -0.1) is 0 Å². The van der Waals surface area contributed by atoms with Crippen LogP contribution in [0.3, 0.4) is 0 Å². The average molecular weight is 476 g/mol. The second-order valence-corrected chi connectivity index (χ2v) is 9.53. The number of aromatic nitrogens is 2. The molecule has 0 bridgehead atoms. The van der Waals surface area contributed by atoms with E-state index in [1.54, 1.807) is 6.20 Å². The third-order valence-corrected chi connectivity index (χ3v) is 7.09. The normalized spacial score (nSPS) is 17.5. The zero-order chi connectivity index (χ0) is 23.3. The van der Waals surface area contributed by atoms with Crippen LogP contribution in [0.25, 0.3) is 11.3 Å². The fourth-order valence-electron chi connectivity index (χ4n) is 4.93.